The van der Waals surface area contributed by atoms with E-state index in [2.05, 4.69) is 19.6 Å². The van der Waals surface area contributed by atoms with E-state index in [1.54, 1.807) is 4.90 Å². The topological polar surface area (TPSA) is 63.4 Å². The van der Waals surface area contributed by atoms with Crippen molar-refractivity contribution >= 4 is 24.4 Å². The number of nitrogens with two attached hydrogens (primary N) is 1. The second kappa shape index (κ2) is 6.28. The van der Waals surface area contributed by atoms with E-state index in [1.807, 2.05) is 0 Å². The van der Waals surface area contributed by atoms with Crippen molar-refractivity contribution in [2.24, 2.45) is 11.1 Å². The average Bonchev–Trinajstić information content (AvgIpc) is 3.04. The van der Waals surface area contributed by atoms with Crippen LogP contribution in [-0.4, -0.2) is 35.6 Å². The molecule has 4 nitrogen and oxygen atoms in total. The Kier molecular flexibility index (Phi) is 5.31. The molecule has 1 aliphatic rings. The molecule has 5 heteroatoms. The highest BCUT2D eigenvalue weighted by molar-refractivity contribution is 7.80. The van der Waals surface area contributed by atoms with Crippen molar-refractivity contribution in [1.29, 1.82) is 0 Å². The minimum absolute atomic E-state index is 0.0431. The van der Waals surface area contributed by atoms with Crippen LogP contribution >= 0.6 is 12.6 Å². The van der Waals surface area contributed by atoms with E-state index in [1.165, 1.54) is 0 Å². The van der Waals surface area contributed by atoms with Crippen molar-refractivity contribution < 1.29 is 9.59 Å². The molecule has 0 radical (unpaired) electrons. The highest BCUT2D eigenvalue weighted by atomic mass is 32.1. The molecule has 0 atom stereocenters. The minimum atomic E-state index is -0.440. The monoisotopic (exact) mass is 258 g/mol. The Labute approximate surface area is 108 Å². The number of primary amides is 1. The third-order valence-electron chi connectivity index (χ3n) is 3.30. The zero-order valence-corrected chi connectivity index (χ0v) is 11.3. The summed E-state index contributed by atoms with van der Waals surface area (Å²) in [6, 6.07) is 0. The molecule has 0 unspecified atom stereocenters. The molecule has 98 valence electrons. The molecule has 0 aliphatic heterocycles. The summed E-state index contributed by atoms with van der Waals surface area (Å²) < 4.78 is 0. The molecular weight excluding hydrogens is 236 g/mol. The number of carbonyl (C=O) groups is 2. The Morgan fingerprint density at radius 3 is 2.47 bits per heavy atom. The van der Waals surface area contributed by atoms with Crippen molar-refractivity contribution in [3.05, 3.63) is 0 Å². The number of rotatable bonds is 8. The normalized spacial score (nSPS) is 16.6. The second-order valence-electron chi connectivity index (χ2n) is 4.97. The van der Waals surface area contributed by atoms with Crippen molar-refractivity contribution in [1.82, 2.24) is 4.90 Å². The van der Waals surface area contributed by atoms with Gasteiger partial charge < -0.3 is 10.6 Å². The van der Waals surface area contributed by atoms with Gasteiger partial charge in [0.25, 0.3) is 0 Å². The smallest absolute Gasteiger partial charge is 0.237 e. The molecule has 2 N–H and O–H groups in total. The predicted octanol–water partition coefficient (Wildman–Crippen LogP) is 1.20. The Morgan fingerprint density at radius 2 is 2.06 bits per heavy atom. The summed E-state index contributed by atoms with van der Waals surface area (Å²) >= 11 is 4.28. The van der Waals surface area contributed by atoms with E-state index in [4.69, 9.17) is 5.73 Å². The quantitative estimate of drug-likeness (QED) is 0.643. The molecule has 0 aromatic heterocycles. The molecule has 0 aromatic carbocycles. The van der Waals surface area contributed by atoms with E-state index >= 15 is 0 Å². The molecule has 0 saturated heterocycles. The first-order valence-electron chi connectivity index (χ1n) is 6.20. The van der Waals surface area contributed by atoms with Crippen LogP contribution < -0.4 is 5.73 Å². The fourth-order valence-corrected chi connectivity index (χ4v) is 2.26. The van der Waals surface area contributed by atoms with Gasteiger partial charge in [0, 0.05) is 13.0 Å². The van der Waals surface area contributed by atoms with Crippen molar-refractivity contribution in [2.75, 3.05) is 18.8 Å². The van der Waals surface area contributed by atoms with Gasteiger partial charge in [-0.25, -0.2) is 0 Å². The Morgan fingerprint density at radius 1 is 1.41 bits per heavy atom. The maximum Gasteiger partial charge on any atom is 0.237 e. The fraction of sp³-hybridized carbons (Fsp3) is 0.833. The highest BCUT2D eigenvalue weighted by Crippen LogP contribution is 2.49. The van der Waals surface area contributed by atoms with Gasteiger partial charge in [-0.2, -0.15) is 12.6 Å². The highest BCUT2D eigenvalue weighted by Gasteiger charge is 2.43. The van der Waals surface area contributed by atoms with Crippen LogP contribution in [0.15, 0.2) is 0 Å². The van der Waals surface area contributed by atoms with Crippen molar-refractivity contribution in [2.45, 2.75) is 39.0 Å². The first-order valence-corrected chi connectivity index (χ1v) is 6.83. The van der Waals surface area contributed by atoms with E-state index in [0.717, 1.165) is 31.4 Å². The lowest BCUT2D eigenvalue weighted by Gasteiger charge is -2.23. The predicted molar refractivity (Wildman–Crippen MR) is 70.8 cm³/mol. The van der Waals surface area contributed by atoms with Crippen molar-refractivity contribution in [3.63, 3.8) is 0 Å². The number of hydrogen-bond donors (Lipinski definition) is 2. The first kappa shape index (κ1) is 14.4. The van der Waals surface area contributed by atoms with Crippen LogP contribution in [0, 0.1) is 5.41 Å². The van der Waals surface area contributed by atoms with Crippen LogP contribution in [0.2, 0.25) is 0 Å². The van der Waals surface area contributed by atoms with Gasteiger partial charge in [0.2, 0.25) is 11.8 Å². The maximum atomic E-state index is 12.1. The molecule has 1 rings (SSSR count). The van der Waals surface area contributed by atoms with E-state index in [9.17, 15) is 9.59 Å². The van der Waals surface area contributed by atoms with Gasteiger partial charge in [0.05, 0.1) is 6.54 Å². The molecule has 2 amide bonds. The summed E-state index contributed by atoms with van der Waals surface area (Å²) in [4.78, 5) is 24.6. The Balaban J connectivity index is 2.49. The summed E-state index contributed by atoms with van der Waals surface area (Å²) in [5, 5.41) is 0. The zero-order chi connectivity index (χ0) is 12.9. The molecular formula is C12H22N2O2S. The summed E-state index contributed by atoms with van der Waals surface area (Å²) in [7, 11) is 0. The van der Waals surface area contributed by atoms with Gasteiger partial charge in [0.15, 0.2) is 0 Å². The average molecular weight is 258 g/mol. The first-order chi connectivity index (χ1) is 8.03. The number of thiol groups is 1. The van der Waals surface area contributed by atoms with Crippen molar-refractivity contribution in [3.8, 4) is 0 Å². The molecule has 17 heavy (non-hydrogen) atoms. The van der Waals surface area contributed by atoms with Gasteiger partial charge in [-0.15, -0.1) is 0 Å². The minimum Gasteiger partial charge on any atom is -0.368 e. The summed E-state index contributed by atoms with van der Waals surface area (Å²) in [6.45, 7) is 2.73. The fourth-order valence-electron chi connectivity index (χ4n) is 1.83. The number of carbonyl (C=O) groups excluding carboxylic acids is 2. The van der Waals surface area contributed by atoms with Gasteiger partial charge in [-0.05, 0) is 30.4 Å². The molecule has 1 aliphatic carbocycles. The Bertz CT molecular complexity index is 290. The molecule has 0 bridgehead atoms. The summed E-state index contributed by atoms with van der Waals surface area (Å²) in [5.41, 5.74) is 5.27. The van der Waals surface area contributed by atoms with Crippen LogP contribution in [-0.2, 0) is 9.59 Å². The second-order valence-corrected chi connectivity index (χ2v) is 5.29. The standard InChI is InChI=1S/C12H22N2O2S/c1-2-3-6-14(8-10(13)15)11(16)7-12(9-17)4-5-12/h17H,2-9H2,1H3,(H2,13,15). The van der Waals surface area contributed by atoms with Gasteiger partial charge in [-0.1, -0.05) is 13.3 Å². The Hall–Kier alpha value is -0.710. The molecule has 1 fully saturated rings. The lowest BCUT2D eigenvalue weighted by molar-refractivity contribution is -0.136. The number of nitrogens with zero attached hydrogens (tertiary/aromatic N) is 1. The molecule has 0 spiro atoms. The zero-order valence-electron chi connectivity index (χ0n) is 10.4. The van der Waals surface area contributed by atoms with Crippen LogP contribution in [0.5, 0.6) is 0 Å². The third-order valence-corrected chi connectivity index (χ3v) is 3.97. The van der Waals surface area contributed by atoms with Gasteiger partial charge >= 0.3 is 0 Å². The number of hydrogen-bond acceptors (Lipinski definition) is 3. The van der Waals surface area contributed by atoms with E-state index in [0.29, 0.717) is 13.0 Å². The maximum absolute atomic E-state index is 12.1. The lowest BCUT2D eigenvalue weighted by atomic mass is 10.0. The molecule has 0 heterocycles. The third kappa shape index (κ3) is 4.58. The lowest BCUT2D eigenvalue weighted by Crippen LogP contribution is -2.40. The summed E-state index contributed by atoms with van der Waals surface area (Å²) in [5.74, 6) is 0.352. The van der Waals surface area contributed by atoms with Crippen LogP contribution in [0.1, 0.15) is 39.0 Å². The molecule has 0 aromatic rings. The van der Waals surface area contributed by atoms with Gasteiger partial charge in [0.1, 0.15) is 0 Å². The molecule has 1 saturated carbocycles. The summed E-state index contributed by atoms with van der Waals surface area (Å²) in [6.07, 6.45) is 4.56. The van der Waals surface area contributed by atoms with Crippen LogP contribution in [0.3, 0.4) is 0 Å². The van der Waals surface area contributed by atoms with Crippen LogP contribution in [0.25, 0.3) is 0 Å². The van der Waals surface area contributed by atoms with E-state index in [-0.39, 0.29) is 17.9 Å². The number of amides is 2. The number of unbranched alkanes of at least 4 members (excludes halogenated alkanes) is 1. The van der Waals surface area contributed by atoms with Gasteiger partial charge in [-0.3, -0.25) is 9.59 Å². The largest absolute Gasteiger partial charge is 0.368 e. The van der Waals surface area contributed by atoms with E-state index < -0.39 is 5.91 Å². The SMILES string of the molecule is CCCCN(CC(N)=O)C(=O)CC1(CS)CC1. The van der Waals surface area contributed by atoms with Crippen LogP contribution in [0.4, 0.5) is 0 Å².